The monoisotopic (exact) mass is 520 g/mol. The first-order chi connectivity index (χ1) is 14.8. The van der Waals surface area contributed by atoms with E-state index in [2.05, 4.69) is 33.0 Å². The summed E-state index contributed by atoms with van der Waals surface area (Å²) in [5.74, 6) is -2.63. The summed E-state index contributed by atoms with van der Waals surface area (Å²) in [5.41, 5.74) is 1.10. The summed E-state index contributed by atoms with van der Waals surface area (Å²) in [7, 11) is 0. The molecule has 2 aromatic rings. The predicted molar refractivity (Wildman–Crippen MR) is 117 cm³/mol. The molecule has 31 heavy (non-hydrogen) atoms. The molecule has 4 aliphatic rings. The van der Waals surface area contributed by atoms with E-state index in [1.165, 1.54) is 11.3 Å². The number of halogens is 1. The lowest BCUT2D eigenvalue weighted by atomic mass is 9.68. The smallest absolute Gasteiger partial charge is 0.323 e. The topological polar surface area (TPSA) is 108 Å². The lowest BCUT2D eigenvalue weighted by Gasteiger charge is -2.43. The highest BCUT2D eigenvalue weighted by Gasteiger charge is 2.69. The summed E-state index contributed by atoms with van der Waals surface area (Å²) in [4.78, 5) is 54.4. The highest BCUT2D eigenvalue weighted by molar-refractivity contribution is 9.10. The first-order valence-corrected chi connectivity index (χ1v) is 12.6. The Labute approximate surface area is 193 Å². The van der Waals surface area contributed by atoms with Crippen LogP contribution in [0.1, 0.15) is 22.8 Å². The second kappa shape index (κ2) is 6.79. The molecule has 0 spiro atoms. The number of hydrogen-bond acceptors (Lipinski definition) is 6. The zero-order valence-electron chi connectivity index (χ0n) is 16.0. The van der Waals surface area contributed by atoms with Crippen molar-refractivity contribution in [2.45, 2.75) is 22.6 Å². The Bertz CT molecular complexity index is 1190. The van der Waals surface area contributed by atoms with Crippen LogP contribution < -0.4 is 4.87 Å². The van der Waals surface area contributed by atoms with Crippen LogP contribution in [0.15, 0.2) is 38.6 Å². The van der Waals surface area contributed by atoms with Gasteiger partial charge in [-0.3, -0.25) is 24.1 Å². The lowest BCUT2D eigenvalue weighted by Crippen LogP contribution is -2.42. The summed E-state index contributed by atoms with van der Waals surface area (Å²) in [6, 6.07) is 8.07. The van der Waals surface area contributed by atoms with Crippen molar-refractivity contribution in [3.63, 3.8) is 0 Å². The van der Waals surface area contributed by atoms with E-state index in [1.54, 1.807) is 11.8 Å². The highest BCUT2D eigenvalue weighted by Crippen LogP contribution is 2.68. The Morgan fingerprint density at radius 2 is 1.81 bits per heavy atom. The number of nitrogens with zero attached hydrogens (tertiary/aromatic N) is 1. The number of carboxylic acids is 1. The third-order valence-electron chi connectivity index (χ3n) is 7.34. The average Bonchev–Trinajstić information content (AvgIpc) is 3.44. The average molecular weight is 521 g/mol. The van der Waals surface area contributed by atoms with E-state index in [0.29, 0.717) is 0 Å². The molecule has 0 unspecified atom stereocenters. The van der Waals surface area contributed by atoms with Crippen LogP contribution in [0.5, 0.6) is 0 Å². The molecule has 1 aromatic carbocycles. The van der Waals surface area contributed by atoms with Crippen molar-refractivity contribution in [3.05, 3.63) is 48.8 Å². The molecular weight excluding hydrogens is 504 g/mol. The van der Waals surface area contributed by atoms with Gasteiger partial charge in [0, 0.05) is 20.5 Å². The highest BCUT2D eigenvalue weighted by atomic mass is 79.9. The number of carboxylic acid groups (broad SMARTS) is 1. The minimum absolute atomic E-state index is 0.00161. The largest absolute Gasteiger partial charge is 0.480 e. The van der Waals surface area contributed by atoms with Crippen molar-refractivity contribution < 1.29 is 19.5 Å². The van der Waals surface area contributed by atoms with E-state index in [0.717, 1.165) is 31.3 Å². The zero-order chi connectivity index (χ0) is 21.6. The van der Waals surface area contributed by atoms with Crippen LogP contribution in [0.2, 0.25) is 0 Å². The van der Waals surface area contributed by atoms with Gasteiger partial charge in [0.25, 0.3) is 0 Å². The molecule has 2 bridgehead atoms. The van der Waals surface area contributed by atoms with Gasteiger partial charge in [-0.05, 0) is 41.9 Å². The number of aromatic amines is 1. The molecule has 1 aromatic heterocycles. The third-order valence-corrected chi connectivity index (χ3v) is 10.5. The van der Waals surface area contributed by atoms with E-state index in [4.69, 9.17) is 5.11 Å². The number of imide groups is 1. The number of amides is 2. The molecule has 0 radical (unpaired) electrons. The van der Waals surface area contributed by atoms with E-state index in [1.807, 2.05) is 12.1 Å². The number of carbonyl (C=O) groups is 3. The number of rotatable bonds is 3. The summed E-state index contributed by atoms with van der Waals surface area (Å²) in [5, 5.41) is 10.1. The van der Waals surface area contributed by atoms with E-state index < -0.39 is 24.3 Å². The maximum absolute atomic E-state index is 13.1. The molecule has 1 saturated heterocycles. The fraction of sp³-hybridized carbons (Fsp3) is 0.429. The normalized spacial score (nSPS) is 35.3. The third kappa shape index (κ3) is 2.70. The van der Waals surface area contributed by atoms with Crippen molar-refractivity contribution in [3.8, 4) is 0 Å². The Kier molecular flexibility index (Phi) is 4.33. The van der Waals surface area contributed by atoms with Crippen LogP contribution in [0.4, 0.5) is 0 Å². The predicted octanol–water partition coefficient (Wildman–Crippen LogP) is 2.76. The standard InChI is InChI=1S/C21H17BrN2O5S2/c22-8-3-1-7(2-4-8)12-13-9-5-10(16(13)30-18-17(12)31-21(29)23-18)15-14(9)19(27)24(20(15)28)6-11(25)26/h1-4,9-10,12-16H,5-6H2,(H,23,29)(H,25,26)/t9-,10+,12-,13+,14+,15-,16-/m1/s1. The SMILES string of the molecule is O=C(O)CN1C(=O)[C@@H]2[C@@H]3C[C@@H]([C@@H]2C1=O)[C@H]1[C@@H](c2ccc(Br)cc2)c2sc(=O)[nH]c2S[C@H]31. The summed E-state index contributed by atoms with van der Waals surface area (Å²) >= 11 is 6.33. The van der Waals surface area contributed by atoms with Crippen LogP contribution in [-0.4, -0.2) is 44.6 Å². The quantitative estimate of drug-likeness (QED) is 0.602. The number of likely N-dealkylation sites (tertiary alicyclic amines) is 1. The number of aliphatic carboxylic acids is 1. The van der Waals surface area contributed by atoms with Gasteiger partial charge in [0.05, 0.1) is 16.9 Å². The van der Waals surface area contributed by atoms with Gasteiger partial charge in [-0.25, -0.2) is 0 Å². The van der Waals surface area contributed by atoms with Gasteiger partial charge in [-0.2, -0.15) is 0 Å². The maximum atomic E-state index is 13.1. The molecule has 7 nitrogen and oxygen atoms in total. The number of thiazole rings is 1. The minimum Gasteiger partial charge on any atom is -0.480 e. The van der Waals surface area contributed by atoms with Gasteiger partial charge >= 0.3 is 10.8 Å². The molecule has 10 heteroatoms. The molecule has 6 rings (SSSR count). The van der Waals surface area contributed by atoms with Gasteiger partial charge in [0.2, 0.25) is 11.8 Å². The zero-order valence-corrected chi connectivity index (χ0v) is 19.2. The number of benzene rings is 1. The van der Waals surface area contributed by atoms with Crippen molar-refractivity contribution >= 4 is 56.8 Å². The van der Waals surface area contributed by atoms with Gasteiger partial charge in [-0.15, -0.1) is 11.8 Å². The molecule has 160 valence electrons. The number of H-pyrrole nitrogens is 1. The number of carbonyl (C=O) groups excluding carboxylic acids is 2. The fourth-order valence-corrected chi connectivity index (χ4v) is 9.57. The first-order valence-electron chi connectivity index (χ1n) is 10.1. The van der Waals surface area contributed by atoms with Crippen molar-refractivity contribution in [1.29, 1.82) is 0 Å². The van der Waals surface area contributed by atoms with Gasteiger partial charge in [0.15, 0.2) is 0 Å². The number of thioether (sulfide) groups is 1. The molecule has 7 atom stereocenters. The molecule has 2 aliphatic carbocycles. The van der Waals surface area contributed by atoms with Gasteiger partial charge in [0.1, 0.15) is 6.54 Å². The molecule has 2 saturated carbocycles. The number of nitrogens with one attached hydrogen (secondary N) is 1. The number of fused-ring (bicyclic) bond motifs is 9. The van der Waals surface area contributed by atoms with Crippen LogP contribution in [0.25, 0.3) is 0 Å². The second-order valence-electron chi connectivity index (χ2n) is 8.67. The molecule has 2 aliphatic heterocycles. The fourth-order valence-electron chi connectivity index (χ4n) is 6.41. The molecule has 2 amide bonds. The minimum atomic E-state index is -1.17. The van der Waals surface area contributed by atoms with Crippen molar-refractivity contribution in [2.24, 2.45) is 29.6 Å². The molecule has 2 N–H and O–H groups in total. The van der Waals surface area contributed by atoms with Crippen LogP contribution in [0.3, 0.4) is 0 Å². The first kappa shape index (κ1) is 19.8. The second-order valence-corrected chi connectivity index (χ2v) is 11.8. The lowest BCUT2D eigenvalue weighted by molar-refractivity contribution is -0.149. The molecule has 3 fully saturated rings. The summed E-state index contributed by atoms with van der Waals surface area (Å²) < 4.78 is 0.967. The van der Waals surface area contributed by atoms with Crippen LogP contribution in [-0.2, 0) is 14.4 Å². The van der Waals surface area contributed by atoms with E-state index >= 15 is 0 Å². The molecular formula is C21H17BrN2O5S2. The Morgan fingerprint density at radius 3 is 2.48 bits per heavy atom. The van der Waals surface area contributed by atoms with Crippen molar-refractivity contribution in [1.82, 2.24) is 9.88 Å². The number of hydrogen-bond donors (Lipinski definition) is 2. The summed E-state index contributed by atoms with van der Waals surface area (Å²) in [6.45, 7) is -0.566. The Hall–Kier alpha value is -1.91. The number of aromatic nitrogens is 1. The Balaban J connectivity index is 1.45. The van der Waals surface area contributed by atoms with Crippen molar-refractivity contribution in [2.75, 3.05) is 6.54 Å². The van der Waals surface area contributed by atoms with Crippen LogP contribution in [0, 0.1) is 29.6 Å². The Morgan fingerprint density at radius 1 is 1.13 bits per heavy atom. The molecule has 3 heterocycles. The van der Waals surface area contributed by atoms with E-state index in [9.17, 15) is 19.2 Å². The maximum Gasteiger partial charge on any atom is 0.323 e. The van der Waals surface area contributed by atoms with E-state index in [-0.39, 0.29) is 45.6 Å². The van der Waals surface area contributed by atoms with Gasteiger partial charge < -0.3 is 10.1 Å². The van der Waals surface area contributed by atoms with Gasteiger partial charge in [-0.1, -0.05) is 39.4 Å². The summed E-state index contributed by atoms with van der Waals surface area (Å²) in [6.07, 6.45) is 0.794. The van der Waals surface area contributed by atoms with Crippen LogP contribution >= 0.6 is 39.0 Å².